The maximum atomic E-state index is 13.3. The number of sulfonamides is 1. The van der Waals surface area contributed by atoms with E-state index >= 15 is 0 Å². The topological polar surface area (TPSA) is 92.7 Å². The first kappa shape index (κ1) is 16.2. The standard InChI is InChI=1S/C12H13ClFNO5S/c1-7-4-10(8(13)5-9(7)14)21(18,19)15-12(11(16)17)2-3-20-6-12/h4-5,15H,2-3,6H2,1H3,(H,16,17). The summed E-state index contributed by atoms with van der Waals surface area (Å²) in [7, 11) is -4.23. The molecule has 1 saturated heterocycles. The Hall–Kier alpha value is -1.22. The van der Waals surface area contributed by atoms with Gasteiger partial charge in [-0.05, 0) is 24.6 Å². The van der Waals surface area contributed by atoms with Gasteiger partial charge in [-0.3, -0.25) is 4.79 Å². The third-order valence-corrected chi connectivity index (χ3v) is 5.26. The SMILES string of the molecule is Cc1cc(S(=O)(=O)NC2(C(=O)O)CCOC2)c(Cl)cc1F. The van der Waals surface area contributed by atoms with Crippen molar-refractivity contribution in [2.24, 2.45) is 0 Å². The molecule has 1 heterocycles. The lowest BCUT2D eigenvalue weighted by Crippen LogP contribution is -2.55. The monoisotopic (exact) mass is 337 g/mol. The molecule has 0 aliphatic carbocycles. The van der Waals surface area contributed by atoms with Gasteiger partial charge in [0.1, 0.15) is 10.7 Å². The Balaban J connectivity index is 2.43. The van der Waals surface area contributed by atoms with E-state index < -0.39 is 27.3 Å². The van der Waals surface area contributed by atoms with Gasteiger partial charge in [0.05, 0.1) is 11.6 Å². The molecule has 9 heteroatoms. The van der Waals surface area contributed by atoms with Gasteiger partial charge >= 0.3 is 5.97 Å². The molecule has 1 unspecified atom stereocenters. The van der Waals surface area contributed by atoms with Gasteiger partial charge in [0.2, 0.25) is 10.0 Å². The van der Waals surface area contributed by atoms with Crippen LogP contribution in [0.25, 0.3) is 0 Å². The number of carboxylic acids is 1. The molecular weight excluding hydrogens is 325 g/mol. The Morgan fingerprint density at radius 1 is 1.52 bits per heavy atom. The van der Waals surface area contributed by atoms with E-state index in [1.165, 1.54) is 6.92 Å². The predicted molar refractivity (Wildman–Crippen MR) is 72.3 cm³/mol. The Bertz CT molecular complexity index is 685. The number of hydrogen-bond acceptors (Lipinski definition) is 4. The fraction of sp³-hybridized carbons (Fsp3) is 0.417. The van der Waals surface area contributed by atoms with Gasteiger partial charge < -0.3 is 9.84 Å². The highest BCUT2D eigenvalue weighted by atomic mass is 35.5. The highest BCUT2D eigenvalue weighted by Gasteiger charge is 2.46. The molecule has 21 heavy (non-hydrogen) atoms. The number of benzene rings is 1. The zero-order valence-corrected chi connectivity index (χ0v) is 12.6. The third-order valence-electron chi connectivity index (χ3n) is 3.26. The van der Waals surface area contributed by atoms with Crippen LogP contribution in [0.1, 0.15) is 12.0 Å². The van der Waals surface area contributed by atoms with Crippen molar-refractivity contribution in [3.8, 4) is 0 Å². The molecule has 1 aliphatic rings. The average molecular weight is 338 g/mol. The molecule has 1 aromatic rings. The first-order valence-electron chi connectivity index (χ1n) is 5.99. The molecule has 0 amide bonds. The second-order valence-electron chi connectivity index (χ2n) is 4.83. The second kappa shape index (κ2) is 5.53. The van der Waals surface area contributed by atoms with Crippen LogP contribution in [0, 0.1) is 12.7 Å². The van der Waals surface area contributed by atoms with Gasteiger partial charge in [0.15, 0.2) is 5.54 Å². The number of nitrogens with one attached hydrogen (secondary N) is 1. The normalized spacial score (nSPS) is 22.4. The lowest BCUT2D eigenvalue weighted by Gasteiger charge is -2.23. The Labute approximate surface area is 125 Å². The molecule has 0 saturated carbocycles. The maximum Gasteiger partial charge on any atom is 0.327 e. The molecule has 1 aliphatic heterocycles. The van der Waals surface area contributed by atoms with Gasteiger partial charge in [0, 0.05) is 13.0 Å². The maximum absolute atomic E-state index is 13.3. The summed E-state index contributed by atoms with van der Waals surface area (Å²) in [6.07, 6.45) is -0.000636. The van der Waals surface area contributed by atoms with E-state index in [0.29, 0.717) is 0 Å². The van der Waals surface area contributed by atoms with E-state index in [-0.39, 0.29) is 35.1 Å². The molecule has 116 valence electrons. The van der Waals surface area contributed by atoms with Gasteiger partial charge in [-0.2, -0.15) is 4.72 Å². The van der Waals surface area contributed by atoms with Crippen molar-refractivity contribution in [1.82, 2.24) is 4.72 Å². The Morgan fingerprint density at radius 2 is 2.19 bits per heavy atom. The van der Waals surface area contributed by atoms with Crippen molar-refractivity contribution in [2.45, 2.75) is 23.8 Å². The van der Waals surface area contributed by atoms with Crippen LogP contribution >= 0.6 is 11.6 Å². The van der Waals surface area contributed by atoms with Crippen molar-refractivity contribution in [1.29, 1.82) is 0 Å². The average Bonchev–Trinajstić information content (AvgIpc) is 2.82. The number of hydrogen-bond donors (Lipinski definition) is 2. The summed E-state index contributed by atoms with van der Waals surface area (Å²) in [5.74, 6) is -1.98. The predicted octanol–water partition coefficient (Wildman–Crippen LogP) is 1.31. The minimum atomic E-state index is -4.23. The highest BCUT2D eigenvalue weighted by Crippen LogP contribution is 2.28. The number of carbonyl (C=O) groups is 1. The van der Waals surface area contributed by atoms with Crippen LogP contribution in [-0.4, -0.2) is 38.2 Å². The number of carboxylic acid groups (broad SMARTS) is 1. The molecule has 6 nitrogen and oxygen atoms in total. The van der Waals surface area contributed by atoms with Gasteiger partial charge in [-0.1, -0.05) is 11.6 Å². The summed E-state index contributed by atoms with van der Waals surface area (Å²) in [6, 6.07) is 1.94. The fourth-order valence-corrected chi connectivity index (χ4v) is 3.98. The summed E-state index contributed by atoms with van der Waals surface area (Å²) in [5, 5.41) is 8.93. The molecule has 0 radical (unpaired) electrons. The van der Waals surface area contributed by atoms with Crippen molar-refractivity contribution in [3.05, 3.63) is 28.5 Å². The summed E-state index contributed by atoms with van der Waals surface area (Å²) in [6.45, 7) is 1.24. The van der Waals surface area contributed by atoms with Gasteiger partial charge in [-0.15, -0.1) is 0 Å². The third kappa shape index (κ3) is 3.03. The van der Waals surface area contributed by atoms with Crippen LogP contribution in [0.4, 0.5) is 4.39 Å². The van der Waals surface area contributed by atoms with E-state index in [9.17, 15) is 22.7 Å². The van der Waals surface area contributed by atoms with Crippen molar-refractivity contribution >= 4 is 27.6 Å². The molecule has 2 N–H and O–H groups in total. The van der Waals surface area contributed by atoms with Crippen molar-refractivity contribution in [2.75, 3.05) is 13.2 Å². The number of halogens is 2. The van der Waals surface area contributed by atoms with Crippen LogP contribution in [0.2, 0.25) is 5.02 Å². The molecule has 2 rings (SSSR count). The highest BCUT2D eigenvalue weighted by molar-refractivity contribution is 7.89. The summed E-state index contributed by atoms with van der Waals surface area (Å²) in [5.41, 5.74) is -1.64. The minimum Gasteiger partial charge on any atom is -0.480 e. The lowest BCUT2D eigenvalue weighted by atomic mass is 10.0. The molecule has 1 fully saturated rings. The minimum absolute atomic E-state index is 0.000636. The van der Waals surface area contributed by atoms with Crippen molar-refractivity contribution < 1.29 is 27.4 Å². The summed E-state index contributed by atoms with van der Waals surface area (Å²) in [4.78, 5) is 11.0. The van der Waals surface area contributed by atoms with Crippen LogP contribution in [0.15, 0.2) is 17.0 Å². The smallest absolute Gasteiger partial charge is 0.327 e. The molecular formula is C12H13ClFNO5S. The summed E-state index contributed by atoms with van der Waals surface area (Å²) < 4.78 is 45.1. The zero-order valence-electron chi connectivity index (χ0n) is 11.0. The van der Waals surface area contributed by atoms with E-state index in [0.717, 1.165) is 12.1 Å². The second-order valence-corrected chi connectivity index (χ2v) is 6.89. The van der Waals surface area contributed by atoms with E-state index in [2.05, 4.69) is 4.72 Å². The number of ether oxygens (including phenoxy) is 1. The van der Waals surface area contributed by atoms with Crippen LogP contribution in [0.5, 0.6) is 0 Å². The van der Waals surface area contributed by atoms with Crippen LogP contribution < -0.4 is 4.72 Å². The molecule has 1 atom stereocenters. The zero-order chi connectivity index (χ0) is 15.8. The number of aryl methyl sites for hydroxylation is 1. The van der Waals surface area contributed by atoms with Crippen molar-refractivity contribution in [3.63, 3.8) is 0 Å². The molecule has 0 spiro atoms. The van der Waals surface area contributed by atoms with E-state index in [4.69, 9.17) is 16.3 Å². The Morgan fingerprint density at radius 3 is 2.71 bits per heavy atom. The number of aliphatic carboxylic acids is 1. The molecule has 0 aromatic heterocycles. The van der Waals surface area contributed by atoms with E-state index in [1.54, 1.807) is 0 Å². The lowest BCUT2D eigenvalue weighted by molar-refractivity contribution is -0.144. The quantitative estimate of drug-likeness (QED) is 0.864. The number of rotatable bonds is 4. The molecule has 1 aromatic carbocycles. The fourth-order valence-electron chi connectivity index (χ4n) is 2.01. The Kier molecular flexibility index (Phi) is 4.25. The van der Waals surface area contributed by atoms with E-state index in [1.807, 2.05) is 0 Å². The first-order chi connectivity index (χ1) is 9.68. The summed E-state index contributed by atoms with van der Waals surface area (Å²) >= 11 is 5.76. The first-order valence-corrected chi connectivity index (χ1v) is 7.85. The molecule has 0 bridgehead atoms. The van der Waals surface area contributed by atoms with Crippen LogP contribution in [0.3, 0.4) is 0 Å². The largest absolute Gasteiger partial charge is 0.480 e. The van der Waals surface area contributed by atoms with Gasteiger partial charge in [0.25, 0.3) is 0 Å². The van der Waals surface area contributed by atoms with Crippen LogP contribution in [-0.2, 0) is 19.6 Å². The van der Waals surface area contributed by atoms with Gasteiger partial charge in [-0.25, -0.2) is 12.8 Å².